The summed E-state index contributed by atoms with van der Waals surface area (Å²) in [4.78, 5) is 23.4. The number of carbonyl (C=O) groups excluding carboxylic acids is 1. The number of rotatable bonds is 5. The lowest BCUT2D eigenvalue weighted by Crippen LogP contribution is -2.45. The second kappa shape index (κ2) is 6.74. The minimum absolute atomic E-state index is 0.0231. The maximum absolute atomic E-state index is 12.2. The second-order valence-corrected chi connectivity index (χ2v) is 6.50. The lowest BCUT2D eigenvalue weighted by molar-refractivity contribution is -0.140. The maximum Gasteiger partial charge on any atom is 0.326 e. The summed E-state index contributed by atoms with van der Waals surface area (Å²) in [6.07, 6.45) is 0.695. The van der Waals surface area contributed by atoms with Crippen molar-refractivity contribution in [2.24, 2.45) is 5.92 Å². The fourth-order valence-electron chi connectivity index (χ4n) is 2.03. The van der Waals surface area contributed by atoms with E-state index in [2.05, 4.69) is 26.1 Å². The number of benzene rings is 1. The van der Waals surface area contributed by atoms with Gasteiger partial charge in [-0.15, -0.1) is 0 Å². The van der Waals surface area contributed by atoms with E-state index in [1.807, 2.05) is 26.0 Å². The van der Waals surface area contributed by atoms with Crippen LogP contribution >= 0.6 is 0 Å². The van der Waals surface area contributed by atoms with E-state index in [4.69, 9.17) is 0 Å². The third-order valence-corrected chi connectivity index (χ3v) is 3.78. The van der Waals surface area contributed by atoms with Crippen molar-refractivity contribution in [3.63, 3.8) is 0 Å². The van der Waals surface area contributed by atoms with Gasteiger partial charge in [0, 0.05) is 5.56 Å². The first-order valence-electron chi connectivity index (χ1n) is 7.31. The Kier molecular flexibility index (Phi) is 5.53. The van der Waals surface area contributed by atoms with E-state index >= 15 is 0 Å². The lowest BCUT2D eigenvalue weighted by Gasteiger charge is -2.21. The Morgan fingerprint density at radius 1 is 1.19 bits per heavy atom. The second-order valence-electron chi connectivity index (χ2n) is 6.50. The van der Waals surface area contributed by atoms with Gasteiger partial charge in [-0.25, -0.2) is 4.79 Å². The molecule has 2 N–H and O–H groups in total. The molecule has 0 aliphatic heterocycles. The van der Waals surface area contributed by atoms with Crippen LogP contribution in [0.4, 0.5) is 0 Å². The smallest absolute Gasteiger partial charge is 0.326 e. The Hall–Kier alpha value is -1.84. The first-order valence-corrected chi connectivity index (χ1v) is 7.31. The highest BCUT2D eigenvalue weighted by Crippen LogP contribution is 2.22. The first-order chi connectivity index (χ1) is 9.66. The number of carboxylic acids is 1. The largest absolute Gasteiger partial charge is 0.480 e. The summed E-state index contributed by atoms with van der Waals surface area (Å²) in [5, 5.41) is 11.8. The van der Waals surface area contributed by atoms with Crippen molar-refractivity contribution < 1.29 is 14.7 Å². The molecule has 0 bridgehead atoms. The number of hydrogen-bond donors (Lipinski definition) is 2. The molecule has 0 heterocycles. The molecular formula is C17H25NO3. The third kappa shape index (κ3) is 4.59. The Morgan fingerprint density at radius 2 is 1.71 bits per heavy atom. The predicted octanol–water partition coefficient (Wildman–Crippen LogP) is 3.21. The van der Waals surface area contributed by atoms with Gasteiger partial charge in [0.2, 0.25) is 0 Å². The monoisotopic (exact) mass is 291 g/mol. The molecule has 116 valence electrons. The van der Waals surface area contributed by atoms with E-state index in [1.165, 1.54) is 0 Å². The summed E-state index contributed by atoms with van der Waals surface area (Å²) in [7, 11) is 0. The van der Waals surface area contributed by atoms with Crippen molar-refractivity contribution in [3.8, 4) is 0 Å². The molecule has 0 aliphatic carbocycles. The Labute approximate surface area is 126 Å². The summed E-state index contributed by atoms with van der Waals surface area (Å²) in [6.45, 7) is 10.0. The van der Waals surface area contributed by atoms with Gasteiger partial charge in [-0.1, -0.05) is 53.2 Å². The summed E-state index contributed by atoms with van der Waals surface area (Å²) in [6, 6.07) is 6.45. The highest BCUT2D eigenvalue weighted by molar-refractivity contribution is 5.96. The number of carbonyl (C=O) groups is 2. The highest BCUT2D eigenvalue weighted by Gasteiger charge is 2.25. The Balaban J connectivity index is 2.86. The number of aliphatic carboxylic acids is 1. The lowest BCUT2D eigenvalue weighted by atomic mass is 9.86. The van der Waals surface area contributed by atoms with Crippen molar-refractivity contribution in [2.45, 2.75) is 52.5 Å². The molecule has 0 aromatic heterocycles. The summed E-state index contributed by atoms with van der Waals surface area (Å²) < 4.78 is 0. The molecule has 4 nitrogen and oxygen atoms in total. The van der Waals surface area contributed by atoms with Crippen molar-refractivity contribution in [2.75, 3.05) is 0 Å². The Bertz CT molecular complexity index is 500. The standard InChI is InChI=1S/C17H25NO3/c1-6-11(2)14(16(20)21)18-15(19)12-7-9-13(10-8-12)17(3,4)5/h7-11,14H,6H2,1-5H3,(H,18,19)(H,20,21). The van der Waals surface area contributed by atoms with Crippen LogP contribution in [-0.2, 0) is 10.2 Å². The van der Waals surface area contributed by atoms with Crippen LogP contribution in [-0.4, -0.2) is 23.0 Å². The van der Waals surface area contributed by atoms with Gasteiger partial charge in [-0.3, -0.25) is 4.79 Å². The number of carboxylic acid groups (broad SMARTS) is 1. The minimum Gasteiger partial charge on any atom is -0.480 e. The summed E-state index contributed by atoms with van der Waals surface area (Å²) in [5.74, 6) is -1.45. The van der Waals surface area contributed by atoms with E-state index in [0.717, 1.165) is 5.56 Å². The van der Waals surface area contributed by atoms with Crippen molar-refractivity contribution in [1.82, 2.24) is 5.32 Å². The van der Waals surface area contributed by atoms with Crippen LogP contribution in [0.1, 0.15) is 57.0 Å². The van der Waals surface area contributed by atoms with Gasteiger partial charge in [0.1, 0.15) is 6.04 Å². The van der Waals surface area contributed by atoms with Crippen LogP contribution in [0.3, 0.4) is 0 Å². The Morgan fingerprint density at radius 3 is 2.10 bits per heavy atom. The fourth-order valence-corrected chi connectivity index (χ4v) is 2.03. The average molecular weight is 291 g/mol. The normalized spacial score (nSPS) is 14.3. The van der Waals surface area contributed by atoms with E-state index in [0.29, 0.717) is 12.0 Å². The van der Waals surface area contributed by atoms with Gasteiger partial charge in [-0.2, -0.15) is 0 Å². The van der Waals surface area contributed by atoms with Crippen LogP contribution in [0.15, 0.2) is 24.3 Å². The predicted molar refractivity (Wildman–Crippen MR) is 83.5 cm³/mol. The van der Waals surface area contributed by atoms with Gasteiger partial charge < -0.3 is 10.4 Å². The van der Waals surface area contributed by atoms with Gasteiger partial charge in [-0.05, 0) is 29.0 Å². The molecule has 1 amide bonds. The van der Waals surface area contributed by atoms with Gasteiger partial charge in [0.15, 0.2) is 0 Å². The van der Waals surface area contributed by atoms with Crippen molar-refractivity contribution in [1.29, 1.82) is 0 Å². The number of hydrogen-bond acceptors (Lipinski definition) is 2. The SMILES string of the molecule is CCC(C)C(NC(=O)c1ccc(C(C)(C)C)cc1)C(=O)O. The molecule has 0 spiro atoms. The van der Waals surface area contributed by atoms with Gasteiger partial charge >= 0.3 is 5.97 Å². The van der Waals surface area contributed by atoms with Gasteiger partial charge in [0.25, 0.3) is 5.91 Å². The molecule has 1 rings (SSSR count). The van der Waals surface area contributed by atoms with Crippen LogP contribution in [0.2, 0.25) is 0 Å². The summed E-state index contributed by atoms with van der Waals surface area (Å²) in [5.41, 5.74) is 1.64. The van der Waals surface area contributed by atoms with E-state index in [1.54, 1.807) is 12.1 Å². The molecule has 1 aromatic rings. The highest BCUT2D eigenvalue weighted by atomic mass is 16.4. The quantitative estimate of drug-likeness (QED) is 0.875. The van der Waals surface area contributed by atoms with Crippen molar-refractivity contribution in [3.05, 3.63) is 35.4 Å². The molecule has 2 unspecified atom stereocenters. The molecular weight excluding hydrogens is 266 g/mol. The van der Waals surface area contributed by atoms with E-state index in [9.17, 15) is 14.7 Å². The zero-order chi connectivity index (χ0) is 16.2. The zero-order valence-corrected chi connectivity index (χ0v) is 13.4. The van der Waals surface area contributed by atoms with Crippen LogP contribution < -0.4 is 5.32 Å². The van der Waals surface area contributed by atoms with Crippen molar-refractivity contribution >= 4 is 11.9 Å². The number of nitrogens with one attached hydrogen (secondary N) is 1. The van der Waals surface area contributed by atoms with Crippen LogP contribution in [0.5, 0.6) is 0 Å². The molecule has 0 aliphatic rings. The molecule has 0 fully saturated rings. The summed E-state index contributed by atoms with van der Waals surface area (Å²) >= 11 is 0. The zero-order valence-electron chi connectivity index (χ0n) is 13.4. The minimum atomic E-state index is -0.996. The van der Waals surface area contributed by atoms with Gasteiger partial charge in [0.05, 0.1) is 0 Å². The molecule has 4 heteroatoms. The molecule has 21 heavy (non-hydrogen) atoms. The topological polar surface area (TPSA) is 66.4 Å². The van der Waals surface area contributed by atoms with Crippen LogP contribution in [0.25, 0.3) is 0 Å². The third-order valence-electron chi connectivity index (χ3n) is 3.78. The number of amides is 1. The van der Waals surface area contributed by atoms with E-state index in [-0.39, 0.29) is 17.2 Å². The van der Waals surface area contributed by atoms with Crippen LogP contribution in [0, 0.1) is 5.92 Å². The average Bonchev–Trinajstić information content (AvgIpc) is 2.42. The maximum atomic E-state index is 12.2. The first kappa shape index (κ1) is 17.2. The molecule has 0 saturated carbocycles. The molecule has 2 atom stereocenters. The molecule has 0 saturated heterocycles. The fraction of sp³-hybridized carbons (Fsp3) is 0.529. The molecule has 1 aromatic carbocycles. The van der Waals surface area contributed by atoms with E-state index < -0.39 is 12.0 Å². The molecule has 0 radical (unpaired) electrons.